The van der Waals surface area contributed by atoms with Crippen molar-refractivity contribution in [2.24, 2.45) is 5.41 Å². The summed E-state index contributed by atoms with van der Waals surface area (Å²) >= 11 is 0. The van der Waals surface area contributed by atoms with Crippen molar-refractivity contribution in [1.29, 1.82) is 0 Å². The molecule has 0 fully saturated rings. The molecule has 0 bridgehead atoms. The molecule has 2 nitrogen and oxygen atoms in total. The van der Waals surface area contributed by atoms with Gasteiger partial charge in [0.05, 0.1) is 12.7 Å². The molecular weight excluding hydrogens is 212 g/mol. The summed E-state index contributed by atoms with van der Waals surface area (Å²) in [6, 6.07) is 7.74. The second-order valence-corrected chi connectivity index (χ2v) is 5.62. The summed E-state index contributed by atoms with van der Waals surface area (Å²) in [7, 11) is 0. The van der Waals surface area contributed by atoms with E-state index in [4.69, 9.17) is 4.74 Å². The van der Waals surface area contributed by atoms with Crippen molar-refractivity contribution in [1.82, 2.24) is 0 Å². The van der Waals surface area contributed by atoms with E-state index in [-0.39, 0.29) is 5.41 Å². The number of aliphatic hydroxyl groups excluding tert-OH is 1. The molecule has 96 valence electrons. The third kappa shape index (κ3) is 4.78. The molecule has 17 heavy (non-hydrogen) atoms. The number of hydrogen-bond donors (Lipinski definition) is 1. The van der Waals surface area contributed by atoms with E-state index in [1.807, 2.05) is 31.2 Å². The Labute approximate surface area is 105 Å². The van der Waals surface area contributed by atoms with Gasteiger partial charge in [0.15, 0.2) is 0 Å². The Hall–Kier alpha value is -1.02. The molecule has 0 amide bonds. The maximum absolute atomic E-state index is 9.89. The number of rotatable bonds is 5. The van der Waals surface area contributed by atoms with Gasteiger partial charge < -0.3 is 9.84 Å². The van der Waals surface area contributed by atoms with E-state index in [1.54, 1.807) is 0 Å². The molecule has 0 saturated heterocycles. The lowest BCUT2D eigenvalue weighted by Crippen LogP contribution is -2.12. The summed E-state index contributed by atoms with van der Waals surface area (Å²) in [6.45, 7) is 9.25. The number of benzene rings is 1. The highest BCUT2D eigenvalue weighted by Crippen LogP contribution is 2.27. The van der Waals surface area contributed by atoms with Crippen LogP contribution in [0, 0.1) is 5.41 Å². The molecule has 0 unspecified atom stereocenters. The van der Waals surface area contributed by atoms with Gasteiger partial charge in [-0.1, -0.05) is 45.9 Å². The lowest BCUT2D eigenvalue weighted by atomic mass is 9.93. The quantitative estimate of drug-likeness (QED) is 0.839. The predicted octanol–water partition coefficient (Wildman–Crippen LogP) is 3.95. The average Bonchev–Trinajstić information content (AvgIpc) is 2.27. The number of aliphatic hydroxyl groups is 1. The minimum absolute atomic E-state index is 0.276. The minimum atomic E-state index is -0.430. The predicted molar refractivity (Wildman–Crippen MR) is 71.3 cm³/mol. The zero-order valence-corrected chi connectivity index (χ0v) is 11.4. The van der Waals surface area contributed by atoms with Crippen LogP contribution in [0.4, 0.5) is 0 Å². The molecule has 0 saturated carbocycles. The first-order valence-electron chi connectivity index (χ1n) is 6.34. The van der Waals surface area contributed by atoms with E-state index in [0.29, 0.717) is 13.0 Å². The summed E-state index contributed by atoms with van der Waals surface area (Å²) in [6.07, 6.45) is 1.28. The van der Waals surface area contributed by atoms with E-state index >= 15 is 0 Å². The van der Waals surface area contributed by atoms with Crippen LogP contribution in [0.1, 0.15) is 52.2 Å². The van der Waals surface area contributed by atoms with Crippen LogP contribution in [0.25, 0.3) is 0 Å². The molecule has 1 aromatic carbocycles. The molecule has 1 N–H and O–H groups in total. The van der Waals surface area contributed by atoms with Gasteiger partial charge in [-0.05, 0) is 24.3 Å². The van der Waals surface area contributed by atoms with Crippen LogP contribution in [-0.2, 0) is 0 Å². The molecule has 0 aliphatic heterocycles. The van der Waals surface area contributed by atoms with E-state index in [2.05, 4.69) is 20.8 Å². The smallest absolute Gasteiger partial charge is 0.125 e. The van der Waals surface area contributed by atoms with E-state index < -0.39 is 6.10 Å². The van der Waals surface area contributed by atoms with Crippen LogP contribution in [0.3, 0.4) is 0 Å². The van der Waals surface area contributed by atoms with Crippen molar-refractivity contribution < 1.29 is 9.84 Å². The molecule has 1 aromatic rings. The van der Waals surface area contributed by atoms with E-state index in [0.717, 1.165) is 17.7 Å². The molecule has 0 aliphatic rings. The Morgan fingerprint density at radius 3 is 2.47 bits per heavy atom. The lowest BCUT2D eigenvalue weighted by molar-refractivity contribution is 0.164. The topological polar surface area (TPSA) is 29.5 Å². The van der Waals surface area contributed by atoms with Gasteiger partial charge in [0, 0.05) is 5.56 Å². The average molecular weight is 236 g/mol. The van der Waals surface area contributed by atoms with E-state index in [9.17, 15) is 5.11 Å². The van der Waals surface area contributed by atoms with Crippen molar-refractivity contribution in [2.75, 3.05) is 6.61 Å². The SMILES string of the molecule is CC[C@@H](O)c1ccccc1OCCC(C)(C)C. The van der Waals surface area contributed by atoms with Crippen LogP contribution in [0.2, 0.25) is 0 Å². The fourth-order valence-electron chi connectivity index (χ4n) is 1.57. The monoisotopic (exact) mass is 236 g/mol. The second kappa shape index (κ2) is 6.06. The maximum atomic E-state index is 9.89. The van der Waals surface area contributed by atoms with Gasteiger partial charge in [0.1, 0.15) is 5.75 Å². The van der Waals surface area contributed by atoms with Gasteiger partial charge in [0.2, 0.25) is 0 Å². The Morgan fingerprint density at radius 1 is 1.24 bits per heavy atom. The summed E-state index contributed by atoms with van der Waals surface area (Å²) in [5.41, 5.74) is 1.17. The fourth-order valence-corrected chi connectivity index (χ4v) is 1.57. The molecular formula is C15H24O2. The van der Waals surface area contributed by atoms with Crippen LogP contribution >= 0.6 is 0 Å². The van der Waals surface area contributed by atoms with Gasteiger partial charge in [-0.15, -0.1) is 0 Å². The summed E-state index contributed by atoms with van der Waals surface area (Å²) < 4.78 is 5.78. The standard InChI is InChI=1S/C15H24O2/c1-5-13(16)12-8-6-7-9-14(12)17-11-10-15(2,3)4/h6-9,13,16H,5,10-11H2,1-4H3/t13-/m1/s1. The Morgan fingerprint density at radius 2 is 1.88 bits per heavy atom. The van der Waals surface area contributed by atoms with Gasteiger partial charge in [0.25, 0.3) is 0 Å². The minimum Gasteiger partial charge on any atom is -0.493 e. The Kier molecular flexibility index (Phi) is 5.01. The molecule has 0 spiro atoms. The molecule has 0 heterocycles. The molecule has 1 rings (SSSR count). The molecule has 0 aromatic heterocycles. The number of ether oxygens (including phenoxy) is 1. The van der Waals surface area contributed by atoms with Crippen LogP contribution in [-0.4, -0.2) is 11.7 Å². The lowest BCUT2D eigenvalue weighted by Gasteiger charge is -2.20. The molecule has 0 aliphatic carbocycles. The van der Waals surface area contributed by atoms with Gasteiger partial charge in [-0.3, -0.25) is 0 Å². The third-order valence-electron chi connectivity index (χ3n) is 2.77. The molecule has 1 atom stereocenters. The van der Waals surface area contributed by atoms with E-state index in [1.165, 1.54) is 0 Å². The highest BCUT2D eigenvalue weighted by molar-refractivity contribution is 5.34. The normalized spacial score (nSPS) is 13.5. The maximum Gasteiger partial charge on any atom is 0.125 e. The zero-order valence-electron chi connectivity index (χ0n) is 11.4. The Bertz CT molecular complexity index is 339. The number of para-hydroxylation sites is 1. The molecule has 2 heteroatoms. The highest BCUT2D eigenvalue weighted by atomic mass is 16.5. The van der Waals surface area contributed by atoms with Crippen LogP contribution in [0.15, 0.2) is 24.3 Å². The van der Waals surface area contributed by atoms with Crippen molar-refractivity contribution >= 4 is 0 Å². The summed E-state index contributed by atoms with van der Waals surface area (Å²) in [5.74, 6) is 0.811. The summed E-state index contributed by atoms with van der Waals surface area (Å²) in [4.78, 5) is 0. The zero-order chi connectivity index (χ0) is 12.9. The second-order valence-electron chi connectivity index (χ2n) is 5.62. The number of hydrogen-bond acceptors (Lipinski definition) is 2. The van der Waals surface area contributed by atoms with Crippen molar-refractivity contribution in [2.45, 2.75) is 46.6 Å². The third-order valence-corrected chi connectivity index (χ3v) is 2.77. The van der Waals surface area contributed by atoms with Crippen molar-refractivity contribution in [3.63, 3.8) is 0 Å². The fraction of sp³-hybridized carbons (Fsp3) is 0.600. The van der Waals surface area contributed by atoms with Crippen molar-refractivity contribution in [3.8, 4) is 5.75 Å². The first kappa shape index (κ1) is 14.0. The van der Waals surface area contributed by atoms with Crippen LogP contribution < -0.4 is 4.74 Å². The Balaban J connectivity index is 2.64. The van der Waals surface area contributed by atoms with Crippen molar-refractivity contribution in [3.05, 3.63) is 29.8 Å². The van der Waals surface area contributed by atoms with Crippen LogP contribution in [0.5, 0.6) is 5.75 Å². The van der Waals surface area contributed by atoms with Gasteiger partial charge in [-0.2, -0.15) is 0 Å². The highest BCUT2D eigenvalue weighted by Gasteiger charge is 2.13. The first-order valence-corrected chi connectivity index (χ1v) is 6.34. The van der Waals surface area contributed by atoms with Gasteiger partial charge in [-0.25, -0.2) is 0 Å². The largest absolute Gasteiger partial charge is 0.493 e. The molecule has 0 radical (unpaired) electrons. The van der Waals surface area contributed by atoms with Gasteiger partial charge >= 0.3 is 0 Å². The summed E-state index contributed by atoms with van der Waals surface area (Å²) in [5, 5.41) is 9.89. The first-order chi connectivity index (χ1) is 7.94.